The highest BCUT2D eigenvalue weighted by atomic mass is 16.7. The van der Waals surface area contributed by atoms with Crippen molar-refractivity contribution in [2.45, 2.75) is 45.6 Å². The molecular formula is C27H28N6O9. The van der Waals surface area contributed by atoms with Crippen molar-refractivity contribution < 1.29 is 43.1 Å². The third kappa shape index (κ3) is 7.18. The molecular weight excluding hydrogens is 552 g/mol. The Morgan fingerprint density at radius 2 is 1.88 bits per heavy atom. The molecule has 3 aromatic rings. The van der Waals surface area contributed by atoms with Crippen LogP contribution in [0.2, 0.25) is 0 Å². The van der Waals surface area contributed by atoms with E-state index in [4.69, 9.17) is 24.5 Å². The van der Waals surface area contributed by atoms with Crippen LogP contribution >= 0.6 is 0 Å². The van der Waals surface area contributed by atoms with Gasteiger partial charge in [0.05, 0.1) is 24.1 Å². The number of benzene rings is 1. The summed E-state index contributed by atoms with van der Waals surface area (Å²) in [6, 6.07) is 6.02. The summed E-state index contributed by atoms with van der Waals surface area (Å²) in [4.78, 5) is 64.6. The van der Waals surface area contributed by atoms with Crippen molar-refractivity contribution >= 4 is 47.2 Å². The molecule has 1 aromatic carbocycles. The summed E-state index contributed by atoms with van der Waals surface area (Å²) in [7, 11) is 0. The number of hydrogen-bond acceptors (Lipinski definition) is 10. The highest BCUT2D eigenvalue weighted by Gasteiger charge is 2.40. The van der Waals surface area contributed by atoms with Crippen molar-refractivity contribution in [1.82, 2.24) is 15.0 Å². The SMILES string of the molecule is Cc1ccc(C(=O)Nc2ccon2)cc1NC(=N)c1[nH]cc(C(=O)N(C(=O)OCOC(=O)CCC(=O)O)C2CC2)c1C. The molecule has 0 bridgehead atoms. The molecule has 0 spiro atoms. The predicted molar refractivity (Wildman–Crippen MR) is 145 cm³/mol. The number of esters is 1. The van der Waals surface area contributed by atoms with Crippen LogP contribution in [0, 0.1) is 19.3 Å². The van der Waals surface area contributed by atoms with Gasteiger partial charge in [0.2, 0.25) is 6.79 Å². The number of aryl methyl sites for hydroxylation is 1. The minimum atomic E-state index is -1.17. The molecule has 1 aliphatic carbocycles. The first-order valence-corrected chi connectivity index (χ1v) is 12.8. The Labute approximate surface area is 238 Å². The summed E-state index contributed by atoms with van der Waals surface area (Å²) in [5.74, 6) is -2.95. The Kier molecular flexibility index (Phi) is 8.99. The minimum Gasteiger partial charge on any atom is -0.481 e. The molecule has 4 rings (SSSR count). The number of aromatic amines is 1. The number of nitrogens with zero attached hydrogens (tertiary/aromatic N) is 2. The van der Waals surface area contributed by atoms with Gasteiger partial charge in [-0.15, -0.1) is 0 Å². The molecule has 15 nitrogen and oxygen atoms in total. The van der Waals surface area contributed by atoms with Crippen LogP contribution in [0.5, 0.6) is 0 Å². The standard InChI is InChI=1S/C27H28N6O9/c1-14-3-4-16(25(37)31-20-9-10-42-32-20)11-19(14)30-24(28)23-15(2)18(12-29-23)26(38)33(17-5-6-17)27(39)41-13-40-22(36)8-7-21(34)35/h3-4,9-12,17,29H,5-8,13H2,1-2H3,(H2,28,30)(H,34,35)(H,31,32,37). The smallest absolute Gasteiger partial charge is 0.419 e. The lowest BCUT2D eigenvalue weighted by molar-refractivity contribution is -0.154. The van der Waals surface area contributed by atoms with E-state index < -0.39 is 49.1 Å². The summed E-state index contributed by atoms with van der Waals surface area (Å²) in [6.45, 7) is 2.65. The largest absolute Gasteiger partial charge is 0.481 e. The van der Waals surface area contributed by atoms with Gasteiger partial charge in [0.1, 0.15) is 12.1 Å². The zero-order chi connectivity index (χ0) is 30.4. The van der Waals surface area contributed by atoms with Gasteiger partial charge < -0.3 is 34.7 Å². The number of amides is 3. The third-order valence-electron chi connectivity index (χ3n) is 6.33. The maximum atomic E-state index is 13.3. The van der Waals surface area contributed by atoms with Crippen molar-refractivity contribution in [3.8, 4) is 0 Å². The van der Waals surface area contributed by atoms with Crippen LogP contribution in [0.25, 0.3) is 0 Å². The Hall–Kier alpha value is -5.47. The zero-order valence-corrected chi connectivity index (χ0v) is 22.7. The lowest BCUT2D eigenvalue weighted by atomic mass is 10.1. The van der Waals surface area contributed by atoms with Crippen LogP contribution in [0.3, 0.4) is 0 Å². The number of carbonyl (C=O) groups excluding carboxylic acids is 4. The number of aromatic nitrogens is 2. The summed E-state index contributed by atoms with van der Waals surface area (Å²) in [5.41, 5.74) is 2.36. The topological polar surface area (TPSA) is 217 Å². The van der Waals surface area contributed by atoms with E-state index in [2.05, 4.69) is 20.8 Å². The summed E-state index contributed by atoms with van der Waals surface area (Å²) in [5, 5.41) is 26.4. The van der Waals surface area contributed by atoms with Crippen molar-refractivity contribution in [3.63, 3.8) is 0 Å². The fraction of sp³-hybridized carbons (Fsp3) is 0.296. The second kappa shape index (κ2) is 12.8. The number of ether oxygens (including phenoxy) is 2. The number of imide groups is 1. The van der Waals surface area contributed by atoms with Gasteiger partial charge in [-0.3, -0.25) is 24.6 Å². The van der Waals surface area contributed by atoms with Crippen LogP contribution in [-0.4, -0.2) is 68.7 Å². The maximum Gasteiger partial charge on any atom is 0.419 e. The zero-order valence-electron chi connectivity index (χ0n) is 22.7. The molecule has 1 aliphatic rings. The summed E-state index contributed by atoms with van der Waals surface area (Å²) < 4.78 is 14.4. The number of amidine groups is 1. The molecule has 1 fully saturated rings. The molecule has 0 unspecified atom stereocenters. The molecule has 42 heavy (non-hydrogen) atoms. The van der Waals surface area contributed by atoms with Crippen LogP contribution in [0.1, 0.15) is 63.2 Å². The lowest BCUT2D eigenvalue weighted by Gasteiger charge is -2.20. The molecule has 220 valence electrons. The Balaban J connectivity index is 1.41. The normalized spacial score (nSPS) is 12.2. The van der Waals surface area contributed by atoms with E-state index in [9.17, 15) is 24.0 Å². The monoisotopic (exact) mass is 580 g/mol. The highest BCUT2D eigenvalue weighted by molar-refractivity contribution is 6.11. The molecule has 2 heterocycles. The van der Waals surface area contributed by atoms with Crippen LogP contribution in [0.4, 0.5) is 16.3 Å². The van der Waals surface area contributed by atoms with E-state index >= 15 is 0 Å². The number of carboxylic acids is 1. The molecule has 5 N–H and O–H groups in total. The molecule has 3 amide bonds. The number of H-pyrrole nitrogens is 1. The quantitative estimate of drug-likeness (QED) is 0.0958. The molecule has 1 saturated carbocycles. The first-order valence-electron chi connectivity index (χ1n) is 12.8. The number of rotatable bonds is 11. The molecule has 0 radical (unpaired) electrons. The number of carboxylic acid groups (broad SMARTS) is 1. The molecule has 0 saturated heterocycles. The molecule has 0 aliphatic heterocycles. The number of hydrogen-bond donors (Lipinski definition) is 5. The van der Waals surface area contributed by atoms with E-state index in [-0.39, 0.29) is 29.3 Å². The van der Waals surface area contributed by atoms with Gasteiger partial charge in [-0.05, 0) is 49.9 Å². The van der Waals surface area contributed by atoms with Gasteiger partial charge in [0.15, 0.2) is 5.82 Å². The lowest BCUT2D eigenvalue weighted by Crippen LogP contribution is -2.39. The summed E-state index contributed by atoms with van der Waals surface area (Å²) in [6.07, 6.45) is 2.03. The van der Waals surface area contributed by atoms with Crippen molar-refractivity contribution in [1.29, 1.82) is 5.41 Å². The second-order valence-corrected chi connectivity index (χ2v) is 9.42. The average molecular weight is 581 g/mol. The fourth-order valence-corrected chi connectivity index (χ4v) is 3.89. The highest BCUT2D eigenvalue weighted by Crippen LogP contribution is 2.30. The van der Waals surface area contributed by atoms with Crippen molar-refractivity contribution in [3.05, 3.63) is 64.7 Å². The minimum absolute atomic E-state index is 0.0856. The average Bonchev–Trinajstić information content (AvgIpc) is 3.48. The van der Waals surface area contributed by atoms with E-state index in [0.717, 1.165) is 10.5 Å². The van der Waals surface area contributed by atoms with Gasteiger partial charge in [-0.1, -0.05) is 11.2 Å². The fourth-order valence-electron chi connectivity index (χ4n) is 3.89. The van der Waals surface area contributed by atoms with Gasteiger partial charge in [0.25, 0.3) is 11.8 Å². The Morgan fingerprint density at radius 3 is 2.55 bits per heavy atom. The van der Waals surface area contributed by atoms with E-state index in [1.165, 1.54) is 18.5 Å². The van der Waals surface area contributed by atoms with Crippen LogP contribution in [0.15, 0.2) is 41.2 Å². The summed E-state index contributed by atoms with van der Waals surface area (Å²) >= 11 is 0. The van der Waals surface area contributed by atoms with Gasteiger partial charge in [0, 0.05) is 29.6 Å². The predicted octanol–water partition coefficient (Wildman–Crippen LogP) is 3.42. The number of aliphatic carboxylic acids is 1. The van der Waals surface area contributed by atoms with Crippen molar-refractivity contribution in [2.24, 2.45) is 0 Å². The maximum absolute atomic E-state index is 13.3. The van der Waals surface area contributed by atoms with E-state index in [0.29, 0.717) is 29.7 Å². The Morgan fingerprint density at radius 1 is 1.12 bits per heavy atom. The van der Waals surface area contributed by atoms with Gasteiger partial charge in [-0.25, -0.2) is 9.69 Å². The van der Waals surface area contributed by atoms with Crippen LogP contribution < -0.4 is 10.6 Å². The number of nitrogens with one attached hydrogen (secondary N) is 4. The van der Waals surface area contributed by atoms with E-state index in [1.807, 2.05) is 0 Å². The van der Waals surface area contributed by atoms with E-state index in [1.54, 1.807) is 32.0 Å². The number of carbonyl (C=O) groups is 5. The van der Waals surface area contributed by atoms with Crippen LogP contribution in [-0.2, 0) is 19.1 Å². The van der Waals surface area contributed by atoms with Gasteiger partial charge >= 0.3 is 18.0 Å². The molecule has 15 heteroatoms. The first-order chi connectivity index (χ1) is 20.0. The van der Waals surface area contributed by atoms with Crippen molar-refractivity contribution in [2.75, 3.05) is 17.4 Å². The molecule has 0 atom stereocenters. The first kappa shape index (κ1) is 29.5. The molecule has 2 aromatic heterocycles. The number of anilines is 2. The Bertz CT molecular complexity index is 1520. The third-order valence-corrected chi connectivity index (χ3v) is 6.33. The van der Waals surface area contributed by atoms with Gasteiger partial charge in [-0.2, -0.15) is 0 Å². The second-order valence-electron chi connectivity index (χ2n) is 9.42.